The summed E-state index contributed by atoms with van der Waals surface area (Å²) in [5, 5.41) is 0. The lowest BCUT2D eigenvalue weighted by atomic mass is 9.88. The van der Waals surface area contributed by atoms with E-state index in [1.807, 2.05) is 0 Å². The molecule has 1 heterocycles. The molecule has 0 aliphatic heterocycles. The van der Waals surface area contributed by atoms with Crippen LogP contribution in [0.25, 0.3) is 0 Å². The zero-order valence-corrected chi connectivity index (χ0v) is 27.2. The molecule has 3 aromatic rings. The van der Waals surface area contributed by atoms with Gasteiger partial charge in [0.25, 0.3) is 0 Å². The Morgan fingerprint density at radius 2 is 0.727 bits per heavy atom. The number of aromatic nitrogens is 1. The van der Waals surface area contributed by atoms with Gasteiger partial charge in [-0.2, -0.15) is 0 Å². The maximum Gasteiger partial charge on any atom is 0.0849 e. The molecular formula is C41H51N3. The van der Waals surface area contributed by atoms with Crippen LogP contribution in [0.15, 0.2) is 64.6 Å². The first-order chi connectivity index (χ1) is 21.7. The normalized spacial score (nSPS) is 21.2. The number of hydrogen-bond donors (Lipinski definition) is 0. The zero-order valence-electron chi connectivity index (χ0n) is 27.2. The van der Waals surface area contributed by atoms with Crippen LogP contribution in [0.3, 0.4) is 0 Å². The van der Waals surface area contributed by atoms with Gasteiger partial charge in [-0.1, -0.05) is 93.8 Å². The first kappa shape index (κ1) is 29.6. The lowest BCUT2D eigenvalue weighted by molar-refractivity contribution is 0.702. The molecule has 4 aliphatic rings. The smallest absolute Gasteiger partial charge is 0.0849 e. The molecule has 0 unspecified atom stereocenters. The maximum absolute atomic E-state index is 5.45. The Morgan fingerprint density at radius 1 is 0.455 bits per heavy atom. The Morgan fingerprint density at radius 3 is 1.02 bits per heavy atom. The molecule has 7 rings (SSSR count). The Labute approximate surface area is 265 Å². The van der Waals surface area contributed by atoms with Crippen molar-refractivity contribution in [3.8, 4) is 0 Å². The van der Waals surface area contributed by atoms with E-state index in [0.29, 0.717) is 23.7 Å². The first-order valence-corrected chi connectivity index (χ1v) is 18.0. The minimum absolute atomic E-state index is 0.644. The van der Waals surface area contributed by atoms with Crippen LogP contribution >= 0.6 is 0 Å². The van der Waals surface area contributed by atoms with Gasteiger partial charge in [-0.25, -0.2) is 4.98 Å². The van der Waals surface area contributed by atoms with E-state index in [4.69, 9.17) is 15.0 Å². The second-order valence-corrected chi connectivity index (χ2v) is 14.3. The molecule has 4 fully saturated rings. The van der Waals surface area contributed by atoms with Crippen molar-refractivity contribution < 1.29 is 0 Å². The van der Waals surface area contributed by atoms with Crippen LogP contribution < -0.4 is 0 Å². The van der Waals surface area contributed by atoms with Crippen LogP contribution in [0.4, 0.5) is 11.4 Å². The van der Waals surface area contributed by atoms with Gasteiger partial charge < -0.3 is 0 Å². The van der Waals surface area contributed by atoms with Crippen molar-refractivity contribution in [1.29, 1.82) is 0 Å². The summed E-state index contributed by atoms with van der Waals surface area (Å²) in [5.74, 6) is 2.58. The standard InChI is InChI=1S/C41H51N3/c1-28(42-40-34(30-14-3-4-15-30)22-11-23-35(40)31-16-5-6-17-31)38-26-13-27-39(44-38)29(2)43-41-36(32-18-7-8-19-32)24-12-25-37(41)33-20-9-10-21-33/h11-13,22-27,30-33H,3-10,14-21H2,1-2H3. The fourth-order valence-electron chi connectivity index (χ4n) is 8.97. The van der Waals surface area contributed by atoms with Gasteiger partial charge in [-0.05, 0) is 123 Å². The number of aliphatic imine (C=N–C) groups is 2. The molecule has 1 aromatic heterocycles. The quantitative estimate of drug-likeness (QED) is 0.242. The lowest BCUT2D eigenvalue weighted by Gasteiger charge is -2.20. The predicted molar refractivity (Wildman–Crippen MR) is 186 cm³/mol. The van der Waals surface area contributed by atoms with Gasteiger partial charge in [-0.15, -0.1) is 0 Å². The molecule has 0 radical (unpaired) electrons. The topological polar surface area (TPSA) is 37.6 Å². The molecule has 0 saturated heterocycles. The molecule has 0 bridgehead atoms. The Balaban J connectivity index is 1.25. The molecule has 44 heavy (non-hydrogen) atoms. The van der Waals surface area contributed by atoms with Crippen molar-refractivity contribution in [2.45, 2.75) is 140 Å². The third-order valence-electron chi connectivity index (χ3n) is 11.4. The number of para-hydroxylation sites is 2. The molecule has 0 atom stereocenters. The summed E-state index contributed by atoms with van der Waals surface area (Å²) in [4.78, 5) is 16.1. The van der Waals surface area contributed by atoms with Crippen molar-refractivity contribution in [1.82, 2.24) is 4.98 Å². The van der Waals surface area contributed by atoms with Gasteiger partial charge in [0, 0.05) is 0 Å². The van der Waals surface area contributed by atoms with Crippen LogP contribution in [-0.4, -0.2) is 16.4 Å². The highest BCUT2D eigenvalue weighted by Gasteiger charge is 2.27. The van der Waals surface area contributed by atoms with E-state index in [1.165, 1.54) is 136 Å². The molecule has 2 aromatic carbocycles. The summed E-state index contributed by atoms with van der Waals surface area (Å²) in [5.41, 5.74) is 12.4. The van der Waals surface area contributed by atoms with E-state index >= 15 is 0 Å². The highest BCUT2D eigenvalue weighted by molar-refractivity contribution is 6.02. The van der Waals surface area contributed by atoms with E-state index in [9.17, 15) is 0 Å². The van der Waals surface area contributed by atoms with E-state index in [2.05, 4.69) is 68.4 Å². The van der Waals surface area contributed by atoms with Gasteiger partial charge in [-0.3, -0.25) is 9.98 Å². The Bertz CT molecular complexity index is 1330. The third kappa shape index (κ3) is 6.22. The van der Waals surface area contributed by atoms with Gasteiger partial charge >= 0.3 is 0 Å². The second kappa shape index (κ2) is 13.5. The summed E-state index contributed by atoms with van der Waals surface area (Å²) in [6.45, 7) is 4.33. The molecule has 0 N–H and O–H groups in total. The van der Waals surface area contributed by atoms with Gasteiger partial charge in [0.05, 0.1) is 34.2 Å². The molecule has 4 aliphatic carbocycles. The molecule has 3 heteroatoms. The van der Waals surface area contributed by atoms with E-state index < -0.39 is 0 Å². The van der Waals surface area contributed by atoms with E-state index in [0.717, 1.165) is 22.8 Å². The monoisotopic (exact) mass is 585 g/mol. The molecule has 230 valence electrons. The first-order valence-electron chi connectivity index (χ1n) is 18.0. The minimum atomic E-state index is 0.644. The number of nitrogens with zero attached hydrogens (tertiary/aromatic N) is 3. The van der Waals surface area contributed by atoms with Crippen molar-refractivity contribution in [3.05, 3.63) is 88.2 Å². The highest BCUT2D eigenvalue weighted by atomic mass is 14.8. The number of rotatable bonds is 8. The van der Waals surface area contributed by atoms with E-state index in [-0.39, 0.29) is 0 Å². The Kier molecular flexibility index (Phi) is 9.10. The van der Waals surface area contributed by atoms with Crippen molar-refractivity contribution >= 4 is 22.8 Å². The molecule has 3 nitrogen and oxygen atoms in total. The van der Waals surface area contributed by atoms with Crippen LogP contribution in [0, 0.1) is 0 Å². The summed E-state index contributed by atoms with van der Waals surface area (Å²) in [7, 11) is 0. The second-order valence-electron chi connectivity index (χ2n) is 14.3. The lowest BCUT2D eigenvalue weighted by Crippen LogP contribution is -2.07. The number of hydrogen-bond acceptors (Lipinski definition) is 3. The minimum Gasteiger partial charge on any atom is -0.251 e. The van der Waals surface area contributed by atoms with Crippen LogP contribution in [-0.2, 0) is 0 Å². The van der Waals surface area contributed by atoms with Crippen LogP contribution in [0.1, 0.15) is 174 Å². The zero-order chi connectivity index (χ0) is 29.9. The molecule has 0 amide bonds. The SMILES string of the molecule is CC(=Nc1c(C2CCCC2)cccc1C1CCCC1)c1cccc(C(C)=Nc2c(C3CCCC3)cccc2C2CCCC2)n1. The van der Waals surface area contributed by atoms with Crippen molar-refractivity contribution in [3.63, 3.8) is 0 Å². The fourth-order valence-corrected chi connectivity index (χ4v) is 8.97. The molecule has 4 saturated carbocycles. The molecule has 0 spiro atoms. The summed E-state index contributed by atoms with van der Waals surface area (Å²) in [6.07, 6.45) is 21.1. The highest BCUT2D eigenvalue weighted by Crippen LogP contribution is 2.47. The average molecular weight is 586 g/mol. The summed E-state index contributed by atoms with van der Waals surface area (Å²) >= 11 is 0. The summed E-state index contributed by atoms with van der Waals surface area (Å²) < 4.78 is 0. The predicted octanol–water partition coefficient (Wildman–Crippen LogP) is 12.0. The van der Waals surface area contributed by atoms with Gasteiger partial charge in [0.1, 0.15) is 0 Å². The molecular weight excluding hydrogens is 534 g/mol. The van der Waals surface area contributed by atoms with Crippen molar-refractivity contribution in [2.75, 3.05) is 0 Å². The average Bonchev–Trinajstić information content (AvgIpc) is 3.89. The third-order valence-corrected chi connectivity index (χ3v) is 11.4. The van der Waals surface area contributed by atoms with E-state index in [1.54, 1.807) is 0 Å². The van der Waals surface area contributed by atoms with Gasteiger partial charge in [0.15, 0.2) is 0 Å². The van der Waals surface area contributed by atoms with Gasteiger partial charge in [0.2, 0.25) is 0 Å². The van der Waals surface area contributed by atoms with Crippen LogP contribution in [0.5, 0.6) is 0 Å². The van der Waals surface area contributed by atoms with Crippen molar-refractivity contribution in [2.24, 2.45) is 9.98 Å². The number of pyridine rings is 1. The summed E-state index contributed by atoms with van der Waals surface area (Å²) in [6, 6.07) is 20.5. The maximum atomic E-state index is 5.45. The Hall–Kier alpha value is -3.07. The van der Waals surface area contributed by atoms with Crippen LogP contribution in [0.2, 0.25) is 0 Å². The fraction of sp³-hybridized carbons (Fsp3) is 0.537. The largest absolute Gasteiger partial charge is 0.251 e. The number of benzene rings is 2.